The number of piperidine rings is 1. The lowest BCUT2D eigenvalue weighted by atomic mass is 9.96. The number of amides is 1. The van der Waals surface area contributed by atoms with Crippen LogP contribution < -0.4 is 15.2 Å². The number of ether oxygens (including phenoxy) is 2. The fraction of sp³-hybridized carbons (Fsp3) is 0.533. The van der Waals surface area contributed by atoms with Crippen molar-refractivity contribution in [1.82, 2.24) is 4.90 Å². The summed E-state index contributed by atoms with van der Waals surface area (Å²) in [5, 5.41) is 0. The van der Waals surface area contributed by atoms with Gasteiger partial charge in [-0.05, 0) is 47.9 Å². The minimum absolute atomic E-state index is 0.0192. The zero-order valence-electron chi connectivity index (χ0n) is 12.4. The molecule has 0 unspecified atom stereocenters. The fourth-order valence-corrected chi connectivity index (χ4v) is 3.22. The molecular formula is C15H21BrN2O3. The standard InChI is InChI=1S/C15H21BrN2O3/c1-20-13-8-14(21-2)12(16)7-11(13)9-18-5-3-10(4-6-18)15(17)19/h7-8,10H,3-6,9H2,1-2H3,(H2,17,19). The Morgan fingerprint density at radius 3 is 2.43 bits per heavy atom. The average Bonchev–Trinajstić information content (AvgIpc) is 2.48. The van der Waals surface area contributed by atoms with Crippen LogP contribution in [0.5, 0.6) is 11.5 Å². The van der Waals surface area contributed by atoms with Crippen LogP contribution in [0, 0.1) is 5.92 Å². The first kappa shape index (κ1) is 16.1. The van der Waals surface area contributed by atoms with E-state index < -0.39 is 0 Å². The maximum absolute atomic E-state index is 11.2. The first-order chi connectivity index (χ1) is 10.0. The van der Waals surface area contributed by atoms with E-state index in [4.69, 9.17) is 15.2 Å². The van der Waals surface area contributed by atoms with Crippen LogP contribution in [0.3, 0.4) is 0 Å². The second-order valence-corrected chi connectivity index (χ2v) is 6.11. The second-order valence-electron chi connectivity index (χ2n) is 5.25. The van der Waals surface area contributed by atoms with Gasteiger partial charge in [-0.25, -0.2) is 0 Å². The van der Waals surface area contributed by atoms with E-state index in [9.17, 15) is 4.79 Å². The summed E-state index contributed by atoms with van der Waals surface area (Å²) in [7, 11) is 3.29. The molecule has 0 aliphatic carbocycles. The Labute approximate surface area is 133 Å². The molecule has 0 radical (unpaired) electrons. The van der Waals surface area contributed by atoms with Crippen molar-refractivity contribution in [2.24, 2.45) is 11.7 Å². The van der Waals surface area contributed by atoms with E-state index in [1.165, 1.54) is 0 Å². The highest BCUT2D eigenvalue weighted by Crippen LogP contribution is 2.34. The number of nitrogens with zero attached hydrogens (tertiary/aromatic N) is 1. The lowest BCUT2D eigenvalue weighted by molar-refractivity contribution is -0.123. The van der Waals surface area contributed by atoms with Gasteiger partial charge in [0.1, 0.15) is 11.5 Å². The average molecular weight is 357 g/mol. The molecule has 1 aliphatic rings. The van der Waals surface area contributed by atoms with Crippen LogP contribution in [-0.2, 0) is 11.3 Å². The van der Waals surface area contributed by atoms with E-state index in [1.54, 1.807) is 14.2 Å². The summed E-state index contributed by atoms with van der Waals surface area (Å²) >= 11 is 3.50. The largest absolute Gasteiger partial charge is 0.496 e. The van der Waals surface area contributed by atoms with Gasteiger partial charge >= 0.3 is 0 Å². The number of hydrogen-bond donors (Lipinski definition) is 1. The molecule has 1 aliphatic heterocycles. The molecule has 1 heterocycles. The van der Waals surface area contributed by atoms with E-state index in [2.05, 4.69) is 20.8 Å². The van der Waals surface area contributed by atoms with Crippen molar-refractivity contribution >= 4 is 21.8 Å². The van der Waals surface area contributed by atoms with Crippen molar-refractivity contribution in [3.05, 3.63) is 22.2 Å². The molecule has 1 saturated heterocycles. The van der Waals surface area contributed by atoms with Crippen molar-refractivity contribution < 1.29 is 14.3 Å². The fourth-order valence-electron chi connectivity index (χ4n) is 2.66. The van der Waals surface area contributed by atoms with Gasteiger partial charge in [0.15, 0.2) is 0 Å². The Kier molecular flexibility index (Phi) is 5.47. The van der Waals surface area contributed by atoms with E-state index in [0.717, 1.165) is 54.0 Å². The predicted molar refractivity (Wildman–Crippen MR) is 84.4 cm³/mol. The lowest BCUT2D eigenvalue weighted by Gasteiger charge is -2.30. The highest BCUT2D eigenvalue weighted by atomic mass is 79.9. The van der Waals surface area contributed by atoms with Crippen LogP contribution in [0.15, 0.2) is 16.6 Å². The summed E-state index contributed by atoms with van der Waals surface area (Å²) < 4.78 is 11.6. The normalized spacial score (nSPS) is 16.7. The first-order valence-corrected chi connectivity index (χ1v) is 7.76. The van der Waals surface area contributed by atoms with Gasteiger partial charge in [-0.3, -0.25) is 9.69 Å². The Morgan fingerprint density at radius 1 is 1.29 bits per heavy atom. The molecule has 0 spiro atoms. The number of rotatable bonds is 5. The summed E-state index contributed by atoms with van der Waals surface area (Å²) in [4.78, 5) is 13.5. The summed E-state index contributed by atoms with van der Waals surface area (Å²) in [6.45, 7) is 2.54. The SMILES string of the molecule is COc1cc(OC)c(CN2CCC(C(N)=O)CC2)cc1Br. The van der Waals surface area contributed by atoms with Crippen molar-refractivity contribution in [1.29, 1.82) is 0 Å². The van der Waals surface area contributed by atoms with Gasteiger partial charge < -0.3 is 15.2 Å². The third kappa shape index (κ3) is 3.89. The zero-order chi connectivity index (χ0) is 15.4. The van der Waals surface area contributed by atoms with Gasteiger partial charge in [0, 0.05) is 24.1 Å². The lowest BCUT2D eigenvalue weighted by Crippen LogP contribution is -2.38. The van der Waals surface area contributed by atoms with E-state index in [0.29, 0.717) is 0 Å². The smallest absolute Gasteiger partial charge is 0.220 e. The van der Waals surface area contributed by atoms with Gasteiger partial charge in [-0.2, -0.15) is 0 Å². The van der Waals surface area contributed by atoms with Crippen molar-refractivity contribution in [3.8, 4) is 11.5 Å². The third-order valence-electron chi connectivity index (χ3n) is 3.94. The first-order valence-electron chi connectivity index (χ1n) is 6.97. The molecule has 2 rings (SSSR count). The Morgan fingerprint density at radius 2 is 1.90 bits per heavy atom. The number of hydrogen-bond acceptors (Lipinski definition) is 4. The molecule has 0 bridgehead atoms. The summed E-state index contributed by atoms with van der Waals surface area (Å²) in [5.74, 6) is 1.40. The van der Waals surface area contributed by atoms with E-state index >= 15 is 0 Å². The van der Waals surface area contributed by atoms with Gasteiger partial charge in [-0.1, -0.05) is 0 Å². The molecule has 1 amide bonds. The third-order valence-corrected chi connectivity index (χ3v) is 4.56. The van der Waals surface area contributed by atoms with Crippen LogP contribution in [0.1, 0.15) is 18.4 Å². The van der Waals surface area contributed by atoms with Crippen LogP contribution in [0.25, 0.3) is 0 Å². The molecule has 1 fully saturated rings. The van der Waals surface area contributed by atoms with Crippen molar-refractivity contribution in [3.63, 3.8) is 0 Å². The summed E-state index contributed by atoms with van der Waals surface area (Å²) in [5.41, 5.74) is 6.46. The van der Waals surface area contributed by atoms with Crippen molar-refractivity contribution in [2.75, 3.05) is 27.3 Å². The molecule has 0 atom stereocenters. The summed E-state index contributed by atoms with van der Waals surface area (Å²) in [6.07, 6.45) is 1.66. The second kappa shape index (κ2) is 7.13. The van der Waals surface area contributed by atoms with Crippen LogP contribution in [0.4, 0.5) is 0 Å². The molecule has 6 heteroatoms. The van der Waals surface area contributed by atoms with Gasteiger partial charge in [0.05, 0.1) is 18.7 Å². The maximum atomic E-state index is 11.2. The Bertz CT molecular complexity index is 514. The highest BCUT2D eigenvalue weighted by Gasteiger charge is 2.24. The zero-order valence-corrected chi connectivity index (χ0v) is 14.0. The topological polar surface area (TPSA) is 64.8 Å². The molecule has 21 heavy (non-hydrogen) atoms. The van der Waals surface area contributed by atoms with E-state index in [1.807, 2.05) is 12.1 Å². The molecule has 0 saturated carbocycles. The minimum Gasteiger partial charge on any atom is -0.496 e. The van der Waals surface area contributed by atoms with Crippen LogP contribution >= 0.6 is 15.9 Å². The Balaban J connectivity index is 2.06. The van der Waals surface area contributed by atoms with Crippen molar-refractivity contribution in [2.45, 2.75) is 19.4 Å². The number of carbonyl (C=O) groups excluding carboxylic acids is 1. The van der Waals surface area contributed by atoms with Gasteiger partial charge in [-0.15, -0.1) is 0 Å². The molecular weight excluding hydrogens is 336 g/mol. The number of halogens is 1. The predicted octanol–water partition coefficient (Wildman–Crippen LogP) is 2.16. The maximum Gasteiger partial charge on any atom is 0.220 e. The molecule has 5 nitrogen and oxygen atoms in total. The summed E-state index contributed by atoms with van der Waals surface area (Å²) in [6, 6.07) is 3.91. The van der Waals surface area contributed by atoms with Gasteiger partial charge in [0.2, 0.25) is 5.91 Å². The highest BCUT2D eigenvalue weighted by molar-refractivity contribution is 9.10. The van der Waals surface area contributed by atoms with Crippen LogP contribution in [-0.4, -0.2) is 38.1 Å². The number of carbonyl (C=O) groups is 1. The monoisotopic (exact) mass is 356 g/mol. The number of primary amides is 1. The van der Waals surface area contributed by atoms with Gasteiger partial charge in [0.25, 0.3) is 0 Å². The number of methoxy groups -OCH3 is 2. The molecule has 2 N–H and O–H groups in total. The quantitative estimate of drug-likeness (QED) is 0.877. The van der Waals surface area contributed by atoms with E-state index in [-0.39, 0.29) is 11.8 Å². The minimum atomic E-state index is -0.181. The Hall–Kier alpha value is -1.27. The molecule has 0 aromatic heterocycles. The molecule has 116 valence electrons. The molecule has 1 aromatic carbocycles. The van der Waals surface area contributed by atoms with Crippen LogP contribution in [0.2, 0.25) is 0 Å². The number of nitrogens with two attached hydrogens (primary N) is 1. The molecule has 1 aromatic rings. The number of likely N-dealkylation sites (tertiary alicyclic amines) is 1. The number of benzene rings is 1.